The van der Waals surface area contributed by atoms with Crippen molar-refractivity contribution in [2.24, 2.45) is 0 Å². The highest BCUT2D eigenvalue weighted by atomic mass is 16.5. The molecule has 1 fully saturated rings. The van der Waals surface area contributed by atoms with Gasteiger partial charge in [0.1, 0.15) is 17.3 Å². The summed E-state index contributed by atoms with van der Waals surface area (Å²) in [6.45, 7) is 5.03. The molecule has 0 saturated carbocycles. The number of hydrogen-bond donors (Lipinski definition) is 1. The first kappa shape index (κ1) is 22.4. The van der Waals surface area contributed by atoms with Crippen LogP contribution in [0.15, 0.2) is 54.1 Å². The van der Waals surface area contributed by atoms with Gasteiger partial charge in [0, 0.05) is 19.7 Å². The van der Waals surface area contributed by atoms with Gasteiger partial charge in [0.05, 0.1) is 37.0 Å². The minimum Gasteiger partial charge on any atom is -0.507 e. The van der Waals surface area contributed by atoms with Crippen LogP contribution in [0.3, 0.4) is 0 Å². The molecule has 1 saturated heterocycles. The van der Waals surface area contributed by atoms with Gasteiger partial charge < -0.3 is 24.2 Å². The molecule has 31 heavy (non-hydrogen) atoms. The number of nitrogens with zero attached hydrogens (tertiary/aromatic N) is 1. The van der Waals surface area contributed by atoms with Crippen LogP contribution < -0.4 is 9.47 Å². The maximum Gasteiger partial charge on any atom is 0.295 e. The lowest BCUT2D eigenvalue weighted by Gasteiger charge is -2.25. The number of benzene rings is 2. The predicted octanol–water partition coefficient (Wildman–Crippen LogP) is 3.55. The second kappa shape index (κ2) is 10.1. The Hall–Kier alpha value is -3.32. The minimum absolute atomic E-state index is 0.0254. The third-order valence-electron chi connectivity index (χ3n) is 5.01. The van der Waals surface area contributed by atoms with Gasteiger partial charge in [0.25, 0.3) is 11.7 Å². The number of carbonyl (C=O) groups excluding carboxylic acids is 2. The molecular formula is C24H27NO6. The first-order valence-corrected chi connectivity index (χ1v) is 10.3. The average molecular weight is 425 g/mol. The summed E-state index contributed by atoms with van der Waals surface area (Å²) in [4.78, 5) is 27.2. The van der Waals surface area contributed by atoms with Gasteiger partial charge in [-0.3, -0.25) is 9.59 Å². The molecule has 0 radical (unpaired) electrons. The monoisotopic (exact) mass is 425 g/mol. The summed E-state index contributed by atoms with van der Waals surface area (Å²) >= 11 is 0. The lowest BCUT2D eigenvalue weighted by molar-refractivity contribution is -0.140. The van der Waals surface area contributed by atoms with Crippen molar-refractivity contribution in [3.8, 4) is 11.5 Å². The summed E-state index contributed by atoms with van der Waals surface area (Å²) in [7, 11) is 1.53. The topological polar surface area (TPSA) is 85.3 Å². The third-order valence-corrected chi connectivity index (χ3v) is 5.01. The van der Waals surface area contributed by atoms with Crippen LogP contribution >= 0.6 is 0 Å². The van der Waals surface area contributed by atoms with Crippen molar-refractivity contribution >= 4 is 17.4 Å². The van der Waals surface area contributed by atoms with Crippen molar-refractivity contribution in [2.45, 2.75) is 19.9 Å². The maximum absolute atomic E-state index is 13.0. The molecule has 7 heteroatoms. The number of ketones is 1. The van der Waals surface area contributed by atoms with E-state index < -0.39 is 17.7 Å². The zero-order chi connectivity index (χ0) is 22.4. The van der Waals surface area contributed by atoms with Crippen LogP contribution in [-0.2, 0) is 14.3 Å². The van der Waals surface area contributed by atoms with E-state index in [2.05, 4.69) is 0 Å². The SMILES string of the molecule is CCOc1ccc(/C(O)=C2/C(=O)C(=O)N(CCOC)C2c2ccccc2)c(OCC)c1. The van der Waals surface area contributed by atoms with Crippen LogP contribution in [0.5, 0.6) is 11.5 Å². The molecule has 2 aromatic carbocycles. The number of methoxy groups -OCH3 is 1. The molecule has 1 N–H and O–H groups in total. The van der Waals surface area contributed by atoms with Crippen LogP contribution in [0.1, 0.15) is 31.0 Å². The van der Waals surface area contributed by atoms with Crippen LogP contribution in [0.2, 0.25) is 0 Å². The fraction of sp³-hybridized carbons (Fsp3) is 0.333. The number of rotatable bonds is 9. The summed E-state index contributed by atoms with van der Waals surface area (Å²) in [5.41, 5.74) is 1.08. The molecule has 7 nitrogen and oxygen atoms in total. The first-order valence-electron chi connectivity index (χ1n) is 10.3. The van der Waals surface area contributed by atoms with Crippen molar-refractivity contribution in [3.05, 3.63) is 65.2 Å². The minimum atomic E-state index is -0.737. The van der Waals surface area contributed by atoms with Gasteiger partial charge >= 0.3 is 0 Å². The molecule has 1 unspecified atom stereocenters. The molecule has 1 amide bonds. The molecule has 1 heterocycles. The van der Waals surface area contributed by atoms with Crippen molar-refractivity contribution in [1.82, 2.24) is 4.90 Å². The van der Waals surface area contributed by atoms with Crippen molar-refractivity contribution in [1.29, 1.82) is 0 Å². The van der Waals surface area contributed by atoms with Crippen LogP contribution in [0.25, 0.3) is 5.76 Å². The van der Waals surface area contributed by atoms with E-state index in [1.807, 2.05) is 44.2 Å². The number of hydrogen-bond acceptors (Lipinski definition) is 6. The number of carbonyl (C=O) groups is 2. The standard InChI is InChI=1S/C24H27NO6/c1-4-30-17-11-12-18(19(15-17)31-5-2)22(26)20-21(16-9-7-6-8-10-16)25(13-14-29-3)24(28)23(20)27/h6-12,15,21,26H,4-5,13-14H2,1-3H3/b22-20-. The van der Waals surface area contributed by atoms with Gasteiger partial charge in [0.2, 0.25) is 0 Å². The Morgan fingerprint density at radius 1 is 1.03 bits per heavy atom. The zero-order valence-electron chi connectivity index (χ0n) is 18.0. The van der Waals surface area contributed by atoms with Gasteiger partial charge in [-0.15, -0.1) is 0 Å². The highest BCUT2D eigenvalue weighted by Gasteiger charge is 2.46. The zero-order valence-corrected chi connectivity index (χ0v) is 18.0. The quantitative estimate of drug-likeness (QED) is 0.376. The lowest BCUT2D eigenvalue weighted by Crippen LogP contribution is -2.32. The summed E-state index contributed by atoms with van der Waals surface area (Å²) in [5, 5.41) is 11.2. The predicted molar refractivity (Wildman–Crippen MR) is 116 cm³/mol. The molecule has 0 aromatic heterocycles. The van der Waals surface area contributed by atoms with Gasteiger partial charge in [-0.1, -0.05) is 30.3 Å². The largest absolute Gasteiger partial charge is 0.507 e. The Balaban J connectivity index is 2.16. The van der Waals surface area contributed by atoms with Gasteiger partial charge in [-0.05, 0) is 31.5 Å². The van der Waals surface area contributed by atoms with E-state index in [1.165, 1.54) is 12.0 Å². The van der Waals surface area contributed by atoms with Crippen LogP contribution in [-0.4, -0.2) is 55.2 Å². The maximum atomic E-state index is 13.0. The van der Waals surface area contributed by atoms with Crippen LogP contribution in [0.4, 0.5) is 0 Å². The Bertz CT molecular complexity index is 969. The Morgan fingerprint density at radius 2 is 1.74 bits per heavy atom. The first-order chi connectivity index (χ1) is 15.0. The normalized spacial score (nSPS) is 17.8. The summed E-state index contributed by atoms with van der Waals surface area (Å²) < 4.78 is 16.3. The Kier molecular flexibility index (Phi) is 7.31. The second-order valence-corrected chi connectivity index (χ2v) is 6.92. The molecule has 0 aliphatic carbocycles. The third kappa shape index (κ3) is 4.56. The fourth-order valence-electron chi connectivity index (χ4n) is 3.66. The van der Waals surface area contributed by atoms with Gasteiger partial charge in [-0.2, -0.15) is 0 Å². The van der Waals surface area contributed by atoms with E-state index in [4.69, 9.17) is 14.2 Å². The molecular weight excluding hydrogens is 398 g/mol. The molecule has 164 valence electrons. The number of aliphatic hydroxyl groups excluding tert-OH is 1. The Morgan fingerprint density at radius 3 is 2.39 bits per heavy atom. The van der Waals surface area contributed by atoms with Gasteiger partial charge in [0.15, 0.2) is 0 Å². The van der Waals surface area contributed by atoms with E-state index in [-0.39, 0.29) is 24.5 Å². The lowest BCUT2D eigenvalue weighted by atomic mass is 9.95. The van der Waals surface area contributed by atoms with E-state index in [9.17, 15) is 14.7 Å². The number of Topliss-reactive ketones (excluding diaryl/α,β-unsaturated/α-hetero) is 1. The van der Waals surface area contributed by atoms with Gasteiger partial charge in [-0.25, -0.2) is 0 Å². The van der Waals surface area contributed by atoms with Crippen LogP contribution in [0, 0.1) is 0 Å². The number of likely N-dealkylation sites (tertiary alicyclic amines) is 1. The smallest absolute Gasteiger partial charge is 0.295 e. The highest BCUT2D eigenvalue weighted by molar-refractivity contribution is 6.46. The molecule has 1 aliphatic rings. The van der Waals surface area contributed by atoms with Crippen molar-refractivity contribution in [2.75, 3.05) is 33.5 Å². The van der Waals surface area contributed by atoms with E-state index in [0.717, 1.165) is 5.56 Å². The van der Waals surface area contributed by atoms with Crippen molar-refractivity contribution in [3.63, 3.8) is 0 Å². The van der Waals surface area contributed by atoms with E-state index in [0.29, 0.717) is 30.3 Å². The van der Waals surface area contributed by atoms with Crippen molar-refractivity contribution < 1.29 is 28.9 Å². The summed E-state index contributed by atoms with van der Waals surface area (Å²) in [6.07, 6.45) is 0. The average Bonchev–Trinajstić information content (AvgIpc) is 3.03. The van der Waals surface area contributed by atoms with E-state index in [1.54, 1.807) is 18.2 Å². The molecule has 3 rings (SSSR count). The molecule has 0 bridgehead atoms. The number of ether oxygens (including phenoxy) is 3. The highest BCUT2D eigenvalue weighted by Crippen LogP contribution is 2.41. The Labute approximate surface area is 181 Å². The van der Waals surface area contributed by atoms with E-state index >= 15 is 0 Å². The fourth-order valence-corrected chi connectivity index (χ4v) is 3.66. The molecule has 2 aromatic rings. The second-order valence-electron chi connectivity index (χ2n) is 6.92. The molecule has 1 atom stereocenters. The molecule has 1 aliphatic heterocycles. The summed E-state index contributed by atoms with van der Waals surface area (Å²) in [5.74, 6) is -0.725. The summed E-state index contributed by atoms with van der Waals surface area (Å²) in [6, 6.07) is 13.4. The number of aliphatic hydroxyl groups is 1. The number of amides is 1. The molecule has 0 spiro atoms.